The Morgan fingerprint density at radius 1 is 0.952 bits per heavy atom. The lowest BCUT2D eigenvalue weighted by Crippen LogP contribution is -2.14. The van der Waals surface area contributed by atoms with Crippen LogP contribution in [0.5, 0.6) is 0 Å². The number of hydrogen-bond donors (Lipinski definition) is 0. The van der Waals surface area contributed by atoms with Gasteiger partial charge in [-0.05, 0) is 5.56 Å². The smallest absolute Gasteiger partial charge is 0.164 e. The molecular formula is C19H22OS. The first-order valence-corrected chi connectivity index (χ1v) is 8.15. The van der Waals surface area contributed by atoms with Crippen molar-refractivity contribution in [2.45, 2.75) is 37.2 Å². The molecule has 0 aliphatic rings. The van der Waals surface area contributed by atoms with E-state index >= 15 is 0 Å². The Labute approximate surface area is 131 Å². The molecule has 0 aliphatic carbocycles. The molecule has 2 rings (SSSR count). The van der Waals surface area contributed by atoms with Crippen LogP contribution < -0.4 is 0 Å². The van der Waals surface area contributed by atoms with Crippen LogP contribution in [0.15, 0.2) is 60.7 Å². The predicted molar refractivity (Wildman–Crippen MR) is 91.9 cm³/mol. The van der Waals surface area contributed by atoms with Crippen molar-refractivity contribution >= 4 is 17.5 Å². The van der Waals surface area contributed by atoms with E-state index in [-0.39, 0.29) is 15.8 Å². The Hall–Kier alpha value is -1.54. The van der Waals surface area contributed by atoms with Gasteiger partial charge in [-0.2, -0.15) is 0 Å². The molecule has 0 spiro atoms. The van der Waals surface area contributed by atoms with Crippen LogP contribution in [0.1, 0.15) is 48.4 Å². The zero-order chi connectivity index (χ0) is 15.3. The summed E-state index contributed by atoms with van der Waals surface area (Å²) in [6, 6.07) is 19.9. The van der Waals surface area contributed by atoms with Gasteiger partial charge in [-0.1, -0.05) is 81.4 Å². The first-order valence-electron chi connectivity index (χ1n) is 7.27. The van der Waals surface area contributed by atoms with E-state index in [1.165, 1.54) is 5.56 Å². The Balaban J connectivity index is 2.19. The van der Waals surface area contributed by atoms with Crippen LogP contribution in [0, 0.1) is 0 Å². The lowest BCUT2D eigenvalue weighted by molar-refractivity contribution is 0.0982. The fourth-order valence-corrected chi connectivity index (χ4v) is 3.61. The van der Waals surface area contributed by atoms with Gasteiger partial charge >= 0.3 is 0 Å². The van der Waals surface area contributed by atoms with Crippen molar-refractivity contribution in [3.63, 3.8) is 0 Å². The highest BCUT2D eigenvalue weighted by atomic mass is 32.2. The Bertz CT molecular complexity index is 570. The predicted octanol–water partition coefficient (Wildman–Crippen LogP) is 5.53. The minimum atomic E-state index is 0.122. The van der Waals surface area contributed by atoms with Gasteiger partial charge in [0.25, 0.3) is 0 Å². The molecule has 110 valence electrons. The van der Waals surface area contributed by atoms with Crippen molar-refractivity contribution in [2.24, 2.45) is 0 Å². The van der Waals surface area contributed by atoms with Crippen molar-refractivity contribution in [2.75, 3.05) is 0 Å². The molecule has 21 heavy (non-hydrogen) atoms. The van der Waals surface area contributed by atoms with E-state index in [0.717, 1.165) is 5.56 Å². The average Bonchev–Trinajstić information content (AvgIpc) is 2.47. The van der Waals surface area contributed by atoms with E-state index in [1.54, 1.807) is 0 Å². The van der Waals surface area contributed by atoms with Gasteiger partial charge in [-0.15, -0.1) is 11.8 Å². The van der Waals surface area contributed by atoms with Gasteiger partial charge in [-0.3, -0.25) is 4.79 Å². The van der Waals surface area contributed by atoms with Crippen molar-refractivity contribution in [3.05, 3.63) is 71.8 Å². The number of Topliss-reactive ketones (excluding diaryl/α,β-unsaturated/α-hetero) is 1. The monoisotopic (exact) mass is 298 g/mol. The third kappa shape index (κ3) is 5.05. The molecule has 0 saturated carbocycles. The minimum absolute atomic E-state index is 0.122. The lowest BCUT2D eigenvalue weighted by Gasteiger charge is -2.25. The second kappa shape index (κ2) is 6.95. The number of benzene rings is 2. The van der Waals surface area contributed by atoms with Gasteiger partial charge in [0.1, 0.15) is 0 Å². The van der Waals surface area contributed by atoms with Crippen LogP contribution in [0.3, 0.4) is 0 Å². The van der Waals surface area contributed by atoms with Gasteiger partial charge in [0.05, 0.1) is 0 Å². The highest BCUT2D eigenvalue weighted by Crippen LogP contribution is 2.41. The van der Waals surface area contributed by atoms with Crippen LogP contribution in [0.2, 0.25) is 0 Å². The van der Waals surface area contributed by atoms with Gasteiger partial charge in [0.15, 0.2) is 5.78 Å². The third-order valence-electron chi connectivity index (χ3n) is 3.13. The zero-order valence-corrected chi connectivity index (χ0v) is 13.7. The lowest BCUT2D eigenvalue weighted by atomic mass is 10.0. The molecule has 0 saturated heterocycles. The molecular weight excluding hydrogens is 276 g/mol. The second-order valence-corrected chi connectivity index (χ2v) is 8.15. The summed E-state index contributed by atoms with van der Waals surface area (Å²) in [5.41, 5.74) is 2.02. The highest BCUT2D eigenvalue weighted by molar-refractivity contribution is 8.00. The molecule has 1 atom stereocenters. The first kappa shape index (κ1) is 15.8. The first-order chi connectivity index (χ1) is 9.96. The molecule has 2 aromatic carbocycles. The summed E-state index contributed by atoms with van der Waals surface area (Å²) in [6.07, 6.45) is 0.538. The van der Waals surface area contributed by atoms with E-state index in [4.69, 9.17) is 0 Å². The largest absolute Gasteiger partial charge is 0.294 e. The van der Waals surface area contributed by atoms with Gasteiger partial charge < -0.3 is 0 Å². The van der Waals surface area contributed by atoms with Gasteiger partial charge in [0, 0.05) is 22.0 Å². The molecule has 2 aromatic rings. The van der Waals surface area contributed by atoms with Crippen molar-refractivity contribution in [1.29, 1.82) is 0 Å². The van der Waals surface area contributed by atoms with E-state index in [1.807, 2.05) is 60.3 Å². The molecule has 0 heterocycles. The molecule has 2 heteroatoms. The van der Waals surface area contributed by atoms with Crippen molar-refractivity contribution in [1.82, 2.24) is 0 Å². The molecule has 0 N–H and O–H groups in total. The second-order valence-electron chi connectivity index (χ2n) is 6.12. The number of rotatable bonds is 5. The zero-order valence-electron chi connectivity index (χ0n) is 12.9. The van der Waals surface area contributed by atoms with E-state index in [0.29, 0.717) is 6.42 Å². The van der Waals surface area contributed by atoms with Gasteiger partial charge in [-0.25, -0.2) is 0 Å². The molecule has 0 fully saturated rings. The summed E-state index contributed by atoms with van der Waals surface area (Å²) in [4.78, 5) is 12.5. The Kier molecular flexibility index (Phi) is 5.24. The average molecular weight is 298 g/mol. The maximum Gasteiger partial charge on any atom is 0.164 e. The fourth-order valence-electron chi connectivity index (χ4n) is 2.23. The maximum atomic E-state index is 12.5. The quantitative estimate of drug-likeness (QED) is 0.675. The Morgan fingerprint density at radius 3 is 2.00 bits per heavy atom. The summed E-state index contributed by atoms with van der Waals surface area (Å²) in [6.45, 7) is 6.59. The van der Waals surface area contributed by atoms with Gasteiger partial charge in [0.2, 0.25) is 0 Å². The van der Waals surface area contributed by atoms with Crippen LogP contribution in [0.25, 0.3) is 0 Å². The summed E-state index contributed by atoms with van der Waals surface area (Å²) in [7, 11) is 0. The van der Waals surface area contributed by atoms with E-state index in [2.05, 4.69) is 32.9 Å². The van der Waals surface area contributed by atoms with Crippen LogP contribution in [-0.2, 0) is 0 Å². The third-order valence-corrected chi connectivity index (χ3v) is 4.56. The van der Waals surface area contributed by atoms with Crippen LogP contribution in [0.4, 0.5) is 0 Å². The van der Waals surface area contributed by atoms with Crippen molar-refractivity contribution in [3.8, 4) is 0 Å². The molecule has 0 radical (unpaired) electrons. The van der Waals surface area contributed by atoms with Crippen LogP contribution in [-0.4, -0.2) is 10.5 Å². The molecule has 0 bridgehead atoms. The normalized spacial score (nSPS) is 12.9. The summed E-state index contributed by atoms with van der Waals surface area (Å²) in [5.74, 6) is 0.209. The standard InChI is InChI=1S/C19H22OS/c1-19(2,3)21-18(16-12-8-5-9-13-16)14-17(20)15-10-6-4-7-11-15/h4-13,18H,14H2,1-3H3. The molecule has 1 nitrogen and oxygen atoms in total. The topological polar surface area (TPSA) is 17.1 Å². The number of thioether (sulfide) groups is 1. The highest BCUT2D eigenvalue weighted by Gasteiger charge is 2.23. The number of hydrogen-bond acceptors (Lipinski definition) is 2. The Morgan fingerprint density at radius 2 is 1.48 bits per heavy atom. The number of carbonyl (C=O) groups is 1. The maximum absolute atomic E-state index is 12.5. The van der Waals surface area contributed by atoms with E-state index < -0.39 is 0 Å². The van der Waals surface area contributed by atoms with E-state index in [9.17, 15) is 4.79 Å². The van der Waals surface area contributed by atoms with Crippen LogP contribution >= 0.6 is 11.8 Å². The number of ketones is 1. The summed E-state index contributed by atoms with van der Waals surface area (Å²) >= 11 is 1.86. The molecule has 0 aromatic heterocycles. The number of carbonyl (C=O) groups excluding carboxylic acids is 1. The summed E-state index contributed by atoms with van der Waals surface area (Å²) < 4.78 is 0.122. The molecule has 0 amide bonds. The summed E-state index contributed by atoms with van der Waals surface area (Å²) in [5, 5.41) is 0.193. The SMILES string of the molecule is CC(C)(C)SC(CC(=O)c1ccccc1)c1ccccc1. The molecule has 0 aliphatic heterocycles. The minimum Gasteiger partial charge on any atom is -0.294 e. The molecule has 1 unspecified atom stereocenters. The van der Waals surface area contributed by atoms with Crippen molar-refractivity contribution < 1.29 is 4.79 Å². The fraction of sp³-hybridized carbons (Fsp3) is 0.316.